The summed E-state index contributed by atoms with van der Waals surface area (Å²) in [6.07, 6.45) is 0. The first kappa shape index (κ1) is 15.5. The van der Waals surface area contributed by atoms with Gasteiger partial charge in [-0.2, -0.15) is 0 Å². The van der Waals surface area contributed by atoms with Crippen LogP contribution in [0.1, 0.15) is 43.6 Å². The van der Waals surface area contributed by atoms with Crippen LogP contribution in [0, 0.1) is 18.8 Å². The van der Waals surface area contributed by atoms with Gasteiger partial charge in [-0.05, 0) is 30.4 Å². The highest BCUT2D eigenvalue weighted by Crippen LogP contribution is 2.27. The first-order valence-electron chi connectivity index (χ1n) is 6.90. The largest absolute Gasteiger partial charge is 0.478 e. The van der Waals surface area contributed by atoms with Crippen molar-refractivity contribution in [2.24, 2.45) is 11.8 Å². The molecule has 0 saturated heterocycles. The van der Waals surface area contributed by atoms with Gasteiger partial charge in [0.15, 0.2) is 0 Å². The molecule has 0 saturated carbocycles. The third-order valence-electron chi connectivity index (χ3n) is 2.96. The zero-order valence-corrected chi connectivity index (χ0v) is 12.6. The molecule has 0 aliphatic rings. The van der Waals surface area contributed by atoms with E-state index in [1.165, 1.54) is 0 Å². The van der Waals surface area contributed by atoms with Gasteiger partial charge in [0.2, 0.25) is 0 Å². The molecule has 0 amide bonds. The van der Waals surface area contributed by atoms with Crippen molar-refractivity contribution in [2.75, 3.05) is 18.0 Å². The van der Waals surface area contributed by atoms with Crippen LogP contribution in [0.5, 0.6) is 0 Å². The summed E-state index contributed by atoms with van der Waals surface area (Å²) < 4.78 is 0. The fourth-order valence-corrected chi connectivity index (χ4v) is 2.39. The molecule has 0 aliphatic carbocycles. The summed E-state index contributed by atoms with van der Waals surface area (Å²) in [5.41, 5.74) is 2.31. The summed E-state index contributed by atoms with van der Waals surface area (Å²) in [7, 11) is 0. The Morgan fingerprint density at radius 2 is 1.68 bits per heavy atom. The van der Waals surface area contributed by atoms with Crippen LogP contribution >= 0.6 is 0 Å². The monoisotopic (exact) mass is 263 g/mol. The molecule has 1 aromatic rings. The van der Waals surface area contributed by atoms with Crippen molar-refractivity contribution in [3.63, 3.8) is 0 Å². The van der Waals surface area contributed by atoms with Crippen molar-refractivity contribution in [1.82, 2.24) is 0 Å². The number of nitrogens with zero attached hydrogens (tertiary/aromatic N) is 1. The number of rotatable bonds is 6. The summed E-state index contributed by atoms with van der Waals surface area (Å²) >= 11 is 0. The molecule has 0 spiro atoms. The molecule has 3 nitrogen and oxygen atoms in total. The molecule has 0 bridgehead atoms. The van der Waals surface area contributed by atoms with Gasteiger partial charge < -0.3 is 10.0 Å². The fraction of sp³-hybridized carbons (Fsp3) is 0.562. The van der Waals surface area contributed by atoms with E-state index in [0.29, 0.717) is 17.4 Å². The minimum absolute atomic E-state index is 0.404. The Labute approximate surface area is 116 Å². The minimum atomic E-state index is -0.851. The van der Waals surface area contributed by atoms with Crippen LogP contribution in [0.2, 0.25) is 0 Å². The molecule has 1 N–H and O–H groups in total. The van der Waals surface area contributed by atoms with E-state index >= 15 is 0 Å². The van der Waals surface area contributed by atoms with Crippen molar-refractivity contribution < 1.29 is 9.90 Å². The van der Waals surface area contributed by atoms with E-state index in [2.05, 4.69) is 32.6 Å². The zero-order valence-electron chi connectivity index (χ0n) is 12.6. The van der Waals surface area contributed by atoms with E-state index in [1.807, 2.05) is 19.1 Å². The Bertz CT molecular complexity index is 428. The normalized spacial score (nSPS) is 11.1. The summed E-state index contributed by atoms with van der Waals surface area (Å²) in [4.78, 5) is 13.6. The first-order chi connectivity index (χ1) is 8.82. The van der Waals surface area contributed by atoms with Crippen LogP contribution in [-0.4, -0.2) is 24.2 Å². The van der Waals surface area contributed by atoms with Crippen LogP contribution in [0.15, 0.2) is 18.2 Å². The highest BCUT2D eigenvalue weighted by molar-refractivity contribution is 5.95. The molecule has 19 heavy (non-hydrogen) atoms. The van der Waals surface area contributed by atoms with E-state index in [0.717, 1.165) is 24.3 Å². The van der Waals surface area contributed by atoms with Gasteiger partial charge >= 0.3 is 5.97 Å². The number of anilines is 1. The van der Waals surface area contributed by atoms with Crippen LogP contribution in [-0.2, 0) is 0 Å². The highest BCUT2D eigenvalue weighted by atomic mass is 16.4. The van der Waals surface area contributed by atoms with E-state index in [1.54, 1.807) is 6.07 Å². The van der Waals surface area contributed by atoms with Crippen molar-refractivity contribution in [2.45, 2.75) is 34.6 Å². The van der Waals surface area contributed by atoms with Gasteiger partial charge in [0.1, 0.15) is 0 Å². The SMILES string of the molecule is Cc1cccc(C(=O)O)c1N(CC(C)C)CC(C)C. The maximum absolute atomic E-state index is 11.4. The lowest BCUT2D eigenvalue weighted by Gasteiger charge is -2.31. The Morgan fingerprint density at radius 3 is 2.11 bits per heavy atom. The molecule has 0 fully saturated rings. The van der Waals surface area contributed by atoms with E-state index in [9.17, 15) is 9.90 Å². The summed E-state index contributed by atoms with van der Waals surface area (Å²) in [5, 5.41) is 9.38. The topological polar surface area (TPSA) is 40.5 Å². The van der Waals surface area contributed by atoms with E-state index < -0.39 is 5.97 Å². The Kier molecular flexibility index (Phi) is 5.40. The standard InChI is InChI=1S/C16H25NO2/c1-11(2)9-17(10-12(3)4)15-13(5)7-6-8-14(15)16(18)19/h6-8,11-12H,9-10H2,1-5H3,(H,18,19). The number of carbonyl (C=O) groups is 1. The molecule has 106 valence electrons. The summed E-state index contributed by atoms with van der Waals surface area (Å²) in [6.45, 7) is 12.4. The fourth-order valence-electron chi connectivity index (χ4n) is 2.39. The highest BCUT2D eigenvalue weighted by Gasteiger charge is 2.19. The molecule has 0 aromatic heterocycles. The molecule has 1 rings (SSSR count). The van der Waals surface area contributed by atoms with Crippen molar-refractivity contribution in [3.05, 3.63) is 29.3 Å². The minimum Gasteiger partial charge on any atom is -0.478 e. The first-order valence-corrected chi connectivity index (χ1v) is 6.90. The molecule has 0 atom stereocenters. The van der Waals surface area contributed by atoms with Gasteiger partial charge in [-0.3, -0.25) is 0 Å². The van der Waals surface area contributed by atoms with Crippen LogP contribution in [0.25, 0.3) is 0 Å². The summed E-state index contributed by atoms with van der Waals surface area (Å²) in [6, 6.07) is 5.49. The van der Waals surface area contributed by atoms with Gasteiger partial charge in [0.05, 0.1) is 11.3 Å². The van der Waals surface area contributed by atoms with Gasteiger partial charge in [0, 0.05) is 13.1 Å². The average molecular weight is 263 g/mol. The Balaban J connectivity index is 3.23. The molecule has 1 aromatic carbocycles. The second kappa shape index (κ2) is 6.60. The number of hydrogen-bond acceptors (Lipinski definition) is 2. The summed E-state index contributed by atoms with van der Waals surface area (Å²) in [5.74, 6) is 0.149. The van der Waals surface area contributed by atoms with Gasteiger partial charge in [-0.15, -0.1) is 0 Å². The predicted molar refractivity (Wildman–Crippen MR) is 80.0 cm³/mol. The average Bonchev–Trinajstić information content (AvgIpc) is 2.26. The third-order valence-corrected chi connectivity index (χ3v) is 2.96. The molecular formula is C16H25NO2. The third kappa shape index (κ3) is 4.27. The van der Waals surface area contributed by atoms with Gasteiger partial charge in [-0.25, -0.2) is 4.79 Å². The molecule has 0 unspecified atom stereocenters. The van der Waals surface area contributed by atoms with Crippen LogP contribution < -0.4 is 4.90 Å². The molecule has 0 radical (unpaired) electrons. The predicted octanol–water partition coefficient (Wildman–Crippen LogP) is 3.81. The Morgan fingerprint density at radius 1 is 1.16 bits per heavy atom. The van der Waals surface area contributed by atoms with Gasteiger partial charge in [-0.1, -0.05) is 39.8 Å². The molecule has 0 aliphatic heterocycles. The van der Waals surface area contributed by atoms with E-state index in [-0.39, 0.29) is 0 Å². The van der Waals surface area contributed by atoms with E-state index in [4.69, 9.17) is 0 Å². The Hall–Kier alpha value is -1.51. The maximum Gasteiger partial charge on any atom is 0.337 e. The van der Waals surface area contributed by atoms with Crippen LogP contribution in [0.3, 0.4) is 0 Å². The lowest BCUT2D eigenvalue weighted by atomic mass is 10.0. The lowest BCUT2D eigenvalue weighted by molar-refractivity contribution is 0.0697. The second-order valence-corrected chi connectivity index (χ2v) is 5.97. The van der Waals surface area contributed by atoms with Crippen molar-refractivity contribution in [3.8, 4) is 0 Å². The number of aromatic carboxylic acids is 1. The second-order valence-electron chi connectivity index (χ2n) is 5.97. The maximum atomic E-state index is 11.4. The molecule has 3 heteroatoms. The number of carboxylic acid groups (broad SMARTS) is 1. The number of carboxylic acids is 1. The molecular weight excluding hydrogens is 238 g/mol. The van der Waals surface area contributed by atoms with Crippen molar-refractivity contribution >= 4 is 11.7 Å². The number of para-hydroxylation sites is 1. The zero-order chi connectivity index (χ0) is 14.6. The molecule has 0 heterocycles. The number of hydrogen-bond donors (Lipinski definition) is 1. The quantitative estimate of drug-likeness (QED) is 0.848. The van der Waals surface area contributed by atoms with Crippen molar-refractivity contribution in [1.29, 1.82) is 0 Å². The lowest BCUT2D eigenvalue weighted by Crippen LogP contribution is -2.33. The number of aryl methyl sites for hydroxylation is 1. The van der Waals surface area contributed by atoms with Crippen LogP contribution in [0.4, 0.5) is 5.69 Å². The smallest absolute Gasteiger partial charge is 0.337 e. The number of benzene rings is 1. The van der Waals surface area contributed by atoms with Gasteiger partial charge in [0.25, 0.3) is 0 Å².